The third kappa shape index (κ3) is 12.4. The number of hydrogen-bond donors (Lipinski definition) is 6. The lowest BCUT2D eigenvalue weighted by Gasteiger charge is -1.96. The first-order valence-corrected chi connectivity index (χ1v) is 3.28. The monoisotopic (exact) mass is 185 g/mol. The number of aliphatic hydroxyl groups excluding tert-OH is 6. The van der Waals surface area contributed by atoms with Crippen LogP contribution in [0.4, 0.5) is 0 Å². The molecule has 0 amide bonds. The smallest absolute Gasteiger partial charge is 0.100 e. The van der Waals surface area contributed by atoms with E-state index in [0.717, 1.165) is 0 Å². The fourth-order valence-corrected chi connectivity index (χ4v) is 0.105. The maximum atomic E-state index is 8.25. The predicted molar refractivity (Wildman–Crippen MR) is 40.4 cm³/mol. The van der Waals surface area contributed by atoms with Crippen molar-refractivity contribution in [3.05, 3.63) is 0 Å². The molecule has 0 aromatic heterocycles. The largest absolute Gasteiger partial charge is 0.394 e. The van der Waals surface area contributed by atoms with Crippen LogP contribution >= 0.6 is 0 Å². The summed E-state index contributed by atoms with van der Waals surface area (Å²) in [7, 11) is 0. The molecule has 12 heavy (non-hydrogen) atoms. The molecule has 0 rings (SSSR count). The zero-order valence-electron chi connectivity index (χ0n) is 7.54. The lowest BCUT2D eigenvalue weighted by atomic mass is 10.4. The van der Waals surface area contributed by atoms with Crippen molar-refractivity contribution < 1.29 is 32.0 Å². The summed E-state index contributed by atoms with van der Waals surface area (Å²) >= 11 is 0. The SMILES string of the molecule is OCC(O)CO.[2H]C(O)C(O)CO. The second-order valence-corrected chi connectivity index (χ2v) is 1.92. The Morgan fingerprint density at radius 1 is 0.833 bits per heavy atom. The molecular formula is C6H16O6. The van der Waals surface area contributed by atoms with Crippen molar-refractivity contribution in [1.82, 2.24) is 0 Å². The van der Waals surface area contributed by atoms with Crippen molar-refractivity contribution in [2.45, 2.75) is 12.2 Å². The van der Waals surface area contributed by atoms with Gasteiger partial charge in [-0.05, 0) is 0 Å². The Hall–Kier alpha value is -0.240. The average molecular weight is 185 g/mol. The molecule has 0 saturated heterocycles. The molecule has 0 fully saturated rings. The molecule has 0 aromatic carbocycles. The summed E-state index contributed by atoms with van der Waals surface area (Å²) < 4.78 is 6.33. The van der Waals surface area contributed by atoms with Gasteiger partial charge in [0.25, 0.3) is 0 Å². The lowest BCUT2D eigenvalue weighted by Crippen LogP contribution is -2.15. The molecule has 2 atom stereocenters. The van der Waals surface area contributed by atoms with E-state index in [1.54, 1.807) is 0 Å². The second kappa shape index (κ2) is 10.8. The van der Waals surface area contributed by atoms with E-state index < -0.39 is 25.4 Å². The fraction of sp³-hybridized carbons (Fsp3) is 1.00. The van der Waals surface area contributed by atoms with Crippen LogP contribution in [0.5, 0.6) is 0 Å². The van der Waals surface area contributed by atoms with Gasteiger partial charge in [-0.2, -0.15) is 0 Å². The third-order valence-electron chi connectivity index (χ3n) is 0.781. The first-order chi connectivity index (χ1) is 5.99. The van der Waals surface area contributed by atoms with Gasteiger partial charge in [-0.25, -0.2) is 0 Å². The van der Waals surface area contributed by atoms with E-state index in [2.05, 4.69) is 0 Å². The minimum absolute atomic E-state index is 0.365. The molecule has 6 heteroatoms. The lowest BCUT2D eigenvalue weighted by molar-refractivity contribution is 0.0450. The number of aliphatic hydroxyl groups is 6. The highest BCUT2D eigenvalue weighted by Gasteiger charge is 1.94. The summed E-state index contributed by atoms with van der Waals surface area (Å²) in [4.78, 5) is 0. The number of rotatable bonds is 4. The highest BCUT2D eigenvalue weighted by molar-refractivity contribution is 4.44. The Morgan fingerprint density at radius 3 is 1.17 bits per heavy atom. The quantitative estimate of drug-likeness (QED) is 0.272. The Labute approximate surface area is 71.7 Å². The van der Waals surface area contributed by atoms with Gasteiger partial charge in [-0.15, -0.1) is 0 Å². The van der Waals surface area contributed by atoms with Crippen molar-refractivity contribution in [2.24, 2.45) is 0 Å². The van der Waals surface area contributed by atoms with E-state index in [0.29, 0.717) is 0 Å². The summed E-state index contributed by atoms with van der Waals surface area (Å²) in [5.41, 5.74) is 0. The predicted octanol–water partition coefficient (Wildman–Crippen LogP) is -3.34. The molecule has 76 valence electrons. The van der Waals surface area contributed by atoms with Crippen molar-refractivity contribution in [3.8, 4) is 0 Å². The first kappa shape index (κ1) is 11.8. The van der Waals surface area contributed by atoms with Crippen LogP contribution in [0.1, 0.15) is 1.37 Å². The summed E-state index contributed by atoms with van der Waals surface area (Å²) in [5, 5.41) is 48.3. The van der Waals surface area contributed by atoms with Crippen LogP contribution in [-0.4, -0.2) is 69.3 Å². The standard InChI is InChI=1S/2C3H8O3/c2*4-1-3(6)2-5/h2*3-6H,1-2H2/i1D;. The van der Waals surface area contributed by atoms with Crippen LogP contribution in [0.15, 0.2) is 0 Å². The van der Waals surface area contributed by atoms with Gasteiger partial charge in [0.1, 0.15) is 12.2 Å². The Balaban J connectivity index is 0. The van der Waals surface area contributed by atoms with Gasteiger partial charge in [0.2, 0.25) is 0 Å². The average Bonchev–Trinajstić information content (AvgIpc) is 2.16. The minimum Gasteiger partial charge on any atom is -0.394 e. The van der Waals surface area contributed by atoms with Gasteiger partial charge in [0.15, 0.2) is 0 Å². The van der Waals surface area contributed by atoms with Crippen LogP contribution in [0.3, 0.4) is 0 Å². The summed E-state index contributed by atoms with van der Waals surface area (Å²) in [6, 6.07) is 0. The van der Waals surface area contributed by atoms with Crippen molar-refractivity contribution in [3.63, 3.8) is 0 Å². The van der Waals surface area contributed by atoms with Crippen LogP contribution in [0, 0.1) is 0 Å². The van der Waals surface area contributed by atoms with Gasteiger partial charge in [-0.1, -0.05) is 0 Å². The van der Waals surface area contributed by atoms with E-state index in [1.165, 1.54) is 0 Å². The molecule has 2 unspecified atom stereocenters. The highest BCUT2D eigenvalue weighted by Crippen LogP contribution is 1.72. The zero-order chi connectivity index (χ0) is 10.9. The molecular weight excluding hydrogens is 168 g/mol. The summed E-state index contributed by atoms with van der Waals surface area (Å²) in [6.07, 6.45) is -2.27. The van der Waals surface area contributed by atoms with Gasteiger partial charge < -0.3 is 30.6 Å². The van der Waals surface area contributed by atoms with Crippen LogP contribution in [-0.2, 0) is 0 Å². The van der Waals surface area contributed by atoms with Gasteiger partial charge >= 0.3 is 0 Å². The Kier molecular flexibility index (Phi) is 10.5. The molecule has 6 N–H and O–H groups in total. The van der Waals surface area contributed by atoms with E-state index in [9.17, 15) is 0 Å². The van der Waals surface area contributed by atoms with E-state index in [-0.39, 0.29) is 13.2 Å². The molecule has 0 spiro atoms. The highest BCUT2D eigenvalue weighted by atomic mass is 16.3. The fourth-order valence-electron chi connectivity index (χ4n) is 0.105. The molecule has 0 heterocycles. The zero-order valence-corrected chi connectivity index (χ0v) is 6.54. The van der Waals surface area contributed by atoms with E-state index in [1.807, 2.05) is 0 Å². The molecule has 0 aliphatic heterocycles. The molecule has 0 aliphatic rings. The maximum Gasteiger partial charge on any atom is 0.100 e. The minimum atomic E-state index is -1.58. The second-order valence-electron chi connectivity index (χ2n) is 1.92. The van der Waals surface area contributed by atoms with Gasteiger partial charge in [0, 0.05) is 0 Å². The van der Waals surface area contributed by atoms with Crippen molar-refractivity contribution in [1.29, 1.82) is 0 Å². The Bertz CT molecular complexity index is 97.1. The van der Waals surface area contributed by atoms with Crippen molar-refractivity contribution in [2.75, 3.05) is 26.4 Å². The van der Waals surface area contributed by atoms with Gasteiger partial charge in [0.05, 0.1) is 27.8 Å². The molecule has 0 aromatic rings. The first-order valence-electron chi connectivity index (χ1n) is 3.86. The topological polar surface area (TPSA) is 121 Å². The third-order valence-corrected chi connectivity index (χ3v) is 0.781. The van der Waals surface area contributed by atoms with Crippen LogP contribution < -0.4 is 0 Å². The Morgan fingerprint density at radius 2 is 1.17 bits per heavy atom. The van der Waals surface area contributed by atoms with E-state index >= 15 is 0 Å². The van der Waals surface area contributed by atoms with Crippen molar-refractivity contribution >= 4 is 0 Å². The summed E-state index contributed by atoms with van der Waals surface area (Å²) in [6.45, 7) is -2.87. The van der Waals surface area contributed by atoms with E-state index in [4.69, 9.17) is 32.0 Å². The maximum absolute atomic E-state index is 8.25. The molecule has 6 nitrogen and oxygen atoms in total. The molecule has 0 saturated carbocycles. The molecule has 0 bridgehead atoms. The summed E-state index contributed by atoms with van der Waals surface area (Å²) in [5.74, 6) is 0. The molecule has 0 radical (unpaired) electrons. The molecule has 0 aliphatic carbocycles. The van der Waals surface area contributed by atoms with Crippen LogP contribution in [0.2, 0.25) is 0 Å². The van der Waals surface area contributed by atoms with Gasteiger partial charge in [-0.3, -0.25) is 0 Å². The number of hydrogen-bond acceptors (Lipinski definition) is 6. The van der Waals surface area contributed by atoms with Crippen LogP contribution in [0.25, 0.3) is 0 Å². The normalized spacial score (nSPS) is 16.1.